The van der Waals surface area contributed by atoms with E-state index in [2.05, 4.69) is 22.1 Å². The largest absolute Gasteiger partial charge is 0.221 e. The maximum absolute atomic E-state index is 13.9. The minimum atomic E-state index is -0.337. The van der Waals surface area contributed by atoms with E-state index in [1.807, 2.05) is 24.3 Å². The standard InChI is InChI=1S/C16H13FN4/c1-2-12-7-9-13(10-8-12)11-21-16(18-19-20-21)14-5-3-4-6-15(14)17/h2-10H,1,11H2. The van der Waals surface area contributed by atoms with Gasteiger partial charge in [-0.05, 0) is 33.7 Å². The molecule has 3 aromatic rings. The molecular formula is C16H13FN4. The lowest BCUT2D eigenvalue weighted by Gasteiger charge is -2.06. The average molecular weight is 280 g/mol. The van der Waals surface area contributed by atoms with E-state index in [9.17, 15) is 4.39 Å². The summed E-state index contributed by atoms with van der Waals surface area (Å²) >= 11 is 0. The van der Waals surface area contributed by atoms with Gasteiger partial charge in [0.2, 0.25) is 0 Å². The maximum atomic E-state index is 13.9. The Bertz CT molecular complexity index is 762. The SMILES string of the molecule is C=Cc1ccc(Cn2nnnc2-c2ccccc2F)cc1. The maximum Gasteiger partial charge on any atom is 0.185 e. The summed E-state index contributed by atoms with van der Waals surface area (Å²) in [7, 11) is 0. The van der Waals surface area contributed by atoms with Crippen molar-refractivity contribution in [3.63, 3.8) is 0 Å². The fourth-order valence-corrected chi connectivity index (χ4v) is 2.08. The molecule has 0 saturated carbocycles. The number of halogens is 1. The van der Waals surface area contributed by atoms with E-state index in [-0.39, 0.29) is 5.82 Å². The summed E-state index contributed by atoms with van der Waals surface area (Å²) < 4.78 is 15.4. The molecule has 0 aliphatic heterocycles. The average Bonchev–Trinajstić information content (AvgIpc) is 2.96. The molecule has 0 N–H and O–H groups in total. The van der Waals surface area contributed by atoms with Gasteiger partial charge in [0.1, 0.15) is 5.82 Å². The number of nitrogens with zero attached hydrogens (tertiary/aromatic N) is 4. The van der Waals surface area contributed by atoms with Crippen LogP contribution in [0.3, 0.4) is 0 Å². The van der Waals surface area contributed by atoms with Crippen LogP contribution in [0, 0.1) is 5.82 Å². The summed E-state index contributed by atoms with van der Waals surface area (Å²) in [4.78, 5) is 0. The molecule has 1 aromatic heterocycles. The van der Waals surface area contributed by atoms with Crippen LogP contribution in [0.2, 0.25) is 0 Å². The molecule has 0 unspecified atom stereocenters. The third kappa shape index (κ3) is 2.72. The van der Waals surface area contributed by atoms with Gasteiger partial charge in [0.25, 0.3) is 0 Å². The fourth-order valence-electron chi connectivity index (χ4n) is 2.08. The van der Waals surface area contributed by atoms with Crippen LogP contribution in [0.15, 0.2) is 55.1 Å². The van der Waals surface area contributed by atoms with Gasteiger partial charge in [-0.2, -0.15) is 0 Å². The van der Waals surface area contributed by atoms with Crippen molar-refractivity contribution in [2.75, 3.05) is 0 Å². The number of benzene rings is 2. The Kier molecular flexibility index (Phi) is 3.55. The minimum Gasteiger partial charge on any atom is -0.221 e. The van der Waals surface area contributed by atoms with Crippen LogP contribution >= 0.6 is 0 Å². The van der Waals surface area contributed by atoms with Crippen LogP contribution in [-0.2, 0) is 6.54 Å². The van der Waals surface area contributed by atoms with E-state index in [0.717, 1.165) is 11.1 Å². The van der Waals surface area contributed by atoms with Gasteiger partial charge >= 0.3 is 0 Å². The topological polar surface area (TPSA) is 43.6 Å². The Morgan fingerprint density at radius 2 is 1.86 bits per heavy atom. The summed E-state index contributed by atoms with van der Waals surface area (Å²) in [6.45, 7) is 4.20. The molecule has 0 fully saturated rings. The molecule has 2 aromatic carbocycles. The molecule has 0 saturated heterocycles. The molecule has 0 bridgehead atoms. The summed E-state index contributed by atoms with van der Waals surface area (Å²) in [5.41, 5.74) is 2.47. The summed E-state index contributed by atoms with van der Waals surface area (Å²) in [5, 5.41) is 11.5. The number of rotatable bonds is 4. The van der Waals surface area contributed by atoms with Gasteiger partial charge in [-0.15, -0.1) is 5.10 Å². The van der Waals surface area contributed by atoms with Crippen LogP contribution < -0.4 is 0 Å². The first-order valence-electron chi connectivity index (χ1n) is 6.50. The molecule has 5 heteroatoms. The highest BCUT2D eigenvalue weighted by atomic mass is 19.1. The van der Waals surface area contributed by atoms with Crippen molar-refractivity contribution >= 4 is 6.08 Å². The van der Waals surface area contributed by atoms with E-state index < -0.39 is 0 Å². The lowest BCUT2D eigenvalue weighted by molar-refractivity contribution is 0.620. The third-order valence-corrected chi connectivity index (χ3v) is 3.19. The van der Waals surface area contributed by atoms with Gasteiger partial charge in [-0.25, -0.2) is 9.07 Å². The number of hydrogen-bond donors (Lipinski definition) is 0. The Morgan fingerprint density at radius 1 is 1.10 bits per heavy atom. The molecule has 1 heterocycles. The van der Waals surface area contributed by atoms with Gasteiger partial charge in [-0.3, -0.25) is 0 Å². The minimum absolute atomic E-state index is 0.337. The van der Waals surface area contributed by atoms with Crippen molar-refractivity contribution in [2.45, 2.75) is 6.54 Å². The highest BCUT2D eigenvalue weighted by Crippen LogP contribution is 2.20. The van der Waals surface area contributed by atoms with Crippen molar-refractivity contribution in [1.82, 2.24) is 20.2 Å². The molecule has 0 aliphatic rings. The molecule has 3 rings (SSSR count). The van der Waals surface area contributed by atoms with Crippen LogP contribution in [0.4, 0.5) is 4.39 Å². The smallest absolute Gasteiger partial charge is 0.185 e. The van der Waals surface area contributed by atoms with Crippen LogP contribution in [0.25, 0.3) is 17.5 Å². The second kappa shape index (κ2) is 5.66. The first-order chi connectivity index (χ1) is 10.3. The molecule has 0 amide bonds. The predicted molar refractivity (Wildman–Crippen MR) is 78.8 cm³/mol. The van der Waals surface area contributed by atoms with E-state index in [4.69, 9.17) is 0 Å². The molecular weight excluding hydrogens is 267 g/mol. The highest BCUT2D eigenvalue weighted by molar-refractivity contribution is 5.55. The van der Waals surface area contributed by atoms with Crippen molar-refractivity contribution in [2.24, 2.45) is 0 Å². The number of tetrazole rings is 1. The van der Waals surface area contributed by atoms with E-state index >= 15 is 0 Å². The Hall–Kier alpha value is -2.82. The Labute approximate surface area is 121 Å². The Morgan fingerprint density at radius 3 is 2.57 bits per heavy atom. The van der Waals surface area contributed by atoms with Crippen molar-refractivity contribution in [1.29, 1.82) is 0 Å². The van der Waals surface area contributed by atoms with E-state index in [1.165, 1.54) is 6.07 Å². The lowest BCUT2D eigenvalue weighted by atomic mass is 10.1. The van der Waals surface area contributed by atoms with E-state index in [0.29, 0.717) is 17.9 Å². The summed E-state index contributed by atoms with van der Waals surface area (Å²) in [6, 6.07) is 14.3. The van der Waals surface area contributed by atoms with Crippen molar-refractivity contribution < 1.29 is 4.39 Å². The quantitative estimate of drug-likeness (QED) is 0.737. The van der Waals surface area contributed by atoms with Gasteiger partial charge < -0.3 is 0 Å². The van der Waals surface area contributed by atoms with Gasteiger partial charge in [0, 0.05) is 0 Å². The molecule has 0 aliphatic carbocycles. The van der Waals surface area contributed by atoms with Gasteiger partial charge in [-0.1, -0.05) is 49.1 Å². The van der Waals surface area contributed by atoms with Crippen LogP contribution in [0.1, 0.15) is 11.1 Å². The molecule has 4 nitrogen and oxygen atoms in total. The van der Waals surface area contributed by atoms with E-state index in [1.54, 1.807) is 29.0 Å². The molecule has 104 valence electrons. The highest BCUT2D eigenvalue weighted by Gasteiger charge is 2.13. The summed E-state index contributed by atoms with van der Waals surface area (Å²) in [6.07, 6.45) is 1.78. The van der Waals surface area contributed by atoms with Crippen molar-refractivity contribution in [3.8, 4) is 11.4 Å². The molecule has 0 atom stereocenters. The van der Waals surface area contributed by atoms with Gasteiger partial charge in [0.05, 0.1) is 12.1 Å². The first-order valence-corrected chi connectivity index (χ1v) is 6.50. The zero-order valence-corrected chi connectivity index (χ0v) is 11.3. The lowest BCUT2D eigenvalue weighted by Crippen LogP contribution is -2.05. The number of hydrogen-bond acceptors (Lipinski definition) is 3. The zero-order chi connectivity index (χ0) is 14.7. The second-order valence-electron chi connectivity index (χ2n) is 4.59. The normalized spacial score (nSPS) is 10.5. The van der Waals surface area contributed by atoms with Gasteiger partial charge in [0.15, 0.2) is 5.82 Å². The third-order valence-electron chi connectivity index (χ3n) is 3.19. The molecule has 21 heavy (non-hydrogen) atoms. The van der Waals surface area contributed by atoms with Crippen LogP contribution in [0.5, 0.6) is 0 Å². The molecule has 0 spiro atoms. The van der Waals surface area contributed by atoms with Crippen molar-refractivity contribution in [3.05, 3.63) is 72.1 Å². The monoisotopic (exact) mass is 280 g/mol. The summed E-state index contributed by atoms with van der Waals surface area (Å²) in [5.74, 6) is 0.0800. The number of aromatic nitrogens is 4. The zero-order valence-electron chi connectivity index (χ0n) is 11.3. The predicted octanol–water partition coefficient (Wildman–Crippen LogP) is 3.17. The van der Waals surface area contributed by atoms with Crippen LogP contribution in [-0.4, -0.2) is 20.2 Å². The fraction of sp³-hybridized carbons (Fsp3) is 0.0625. The molecule has 0 radical (unpaired) electrons. The Balaban J connectivity index is 1.92. The first kappa shape index (κ1) is 13.2. The second-order valence-corrected chi connectivity index (χ2v) is 4.59.